The van der Waals surface area contributed by atoms with Gasteiger partial charge >= 0.3 is 0 Å². The Labute approximate surface area is 200 Å². The van der Waals surface area contributed by atoms with Gasteiger partial charge in [-0.2, -0.15) is 0 Å². The molecule has 0 saturated carbocycles. The zero-order valence-corrected chi connectivity index (χ0v) is 22.6. The van der Waals surface area contributed by atoms with Crippen LogP contribution in [0, 0.1) is 23.7 Å². The molecule has 1 aliphatic rings. The average Bonchev–Trinajstić information content (AvgIpc) is 3.40. The Kier molecular flexibility index (Phi) is 9.29. The van der Waals surface area contributed by atoms with E-state index in [2.05, 4.69) is 64.4 Å². The van der Waals surface area contributed by atoms with Crippen LogP contribution in [-0.2, 0) is 5.41 Å². The van der Waals surface area contributed by atoms with E-state index in [-0.39, 0.29) is 5.41 Å². The summed E-state index contributed by atoms with van der Waals surface area (Å²) in [6.07, 6.45) is 13.7. The third-order valence-corrected chi connectivity index (χ3v) is 9.65. The van der Waals surface area contributed by atoms with Crippen molar-refractivity contribution in [3.63, 3.8) is 0 Å². The molecule has 2 aromatic rings. The van der Waals surface area contributed by atoms with Crippen LogP contribution in [-0.4, -0.2) is 0 Å². The third kappa shape index (κ3) is 6.26. The molecule has 1 aliphatic carbocycles. The van der Waals surface area contributed by atoms with Gasteiger partial charge in [-0.15, -0.1) is 22.7 Å². The van der Waals surface area contributed by atoms with Gasteiger partial charge in [0.15, 0.2) is 0 Å². The molecular weight excluding hydrogens is 412 g/mol. The molecule has 3 rings (SSSR count). The molecule has 0 amide bonds. The van der Waals surface area contributed by atoms with Gasteiger partial charge in [-0.25, -0.2) is 0 Å². The molecule has 2 aromatic heterocycles. The van der Waals surface area contributed by atoms with Gasteiger partial charge in [0.2, 0.25) is 0 Å². The molecule has 2 atom stereocenters. The second kappa shape index (κ2) is 11.5. The minimum atomic E-state index is 0.281. The van der Waals surface area contributed by atoms with Crippen molar-refractivity contribution in [2.75, 3.05) is 0 Å². The van der Waals surface area contributed by atoms with Crippen molar-refractivity contribution in [2.24, 2.45) is 23.7 Å². The lowest BCUT2D eigenvalue weighted by Gasteiger charge is -2.33. The first kappa shape index (κ1) is 25.0. The fourth-order valence-electron chi connectivity index (χ4n) is 5.56. The van der Waals surface area contributed by atoms with Crippen molar-refractivity contribution in [2.45, 2.75) is 111 Å². The first-order chi connectivity index (χ1) is 14.8. The van der Waals surface area contributed by atoms with E-state index in [9.17, 15) is 0 Å². The molecule has 0 radical (unpaired) electrons. The summed E-state index contributed by atoms with van der Waals surface area (Å²) in [6.45, 7) is 14.4. The lowest BCUT2D eigenvalue weighted by atomic mass is 9.70. The highest BCUT2D eigenvalue weighted by Gasteiger charge is 2.44. The summed E-state index contributed by atoms with van der Waals surface area (Å²) >= 11 is 3.95. The van der Waals surface area contributed by atoms with Gasteiger partial charge in [-0.1, -0.05) is 80.1 Å². The van der Waals surface area contributed by atoms with Crippen LogP contribution in [0.5, 0.6) is 0 Å². The summed E-state index contributed by atoms with van der Waals surface area (Å²) in [5.41, 5.74) is 3.62. The Bertz CT molecular complexity index is 712. The van der Waals surface area contributed by atoms with Crippen LogP contribution in [0.1, 0.15) is 117 Å². The molecule has 31 heavy (non-hydrogen) atoms. The fourth-order valence-corrected chi connectivity index (χ4v) is 7.74. The van der Waals surface area contributed by atoms with Gasteiger partial charge in [0.25, 0.3) is 0 Å². The molecule has 2 unspecified atom stereocenters. The molecule has 0 spiro atoms. The fraction of sp³-hybridized carbons (Fsp3) is 0.724. The van der Waals surface area contributed by atoms with Crippen molar-refractivity contribution in [1.82, 2.24) is 0 Å². The maximum absolute atomic E-state index is 2.50. The molecule has 2 heterocycles. The molecule has 0 N–H and O–H groups in total. The first-order valence-corrected chi connectivity index (χ1v) is 14.8. The lowest BCUT2D eigenvalue weighted by molar-refractivity contribution is 0.328. The second-order valence-corrected chi connectivity index (χ2v) is 13.2. The predicted molar refractivity (Wildman–Crippen MR) is 143 cm³/mol. The number of hydrogen-bond acceptors (Lipinski definition) is 2. The van der Waals surface area contributed by atoms with Crippen molar-refractivity contribution in [1.29, 1.82) is 0 Å². The van der Waals surface area contributed by atoms with Gasteiger partial charge in [-0.3, -0.25) is 0 Å². The number of hydrogen-bond donors (Lipinski definition) is 0. The molecule has 2 heteroatoms. The summed E-state index contributed by atoms with van der Waals surface area (Å²) in [4.78, 5) is 3.18. The zero-order chi connectivity index (χ0) is 22.4. The molecule has 0 bridgehead atoms. The van der Waals surface area contributed by atoms with Crippen molar-refractivity contribution in [3.05, 3.63) is 34.0 Å². The Balaban J connectivity index is 1.69. The topological polar surface area (TPSA) is 0 Å². The highest BCUT2D eigenvalue weighted by Crippen LogP contribution is 2.58. The predicted octanol–water partition coefficient (Wildman–Crippen LogP) is 10.6. The maximum Gasteiger partial charge on any atom is 0.0486 e. The van der Waals surface area contributed by atoms with E-state index >= 15 is 0 Å². The van der Waals surface area contributed by atoms with Crippen molar-refractivity contribution < 1.29 is 0 Å². The van der Waals surface area contributed by atoms with Crippen LogP contribution in [0.3, 0.4) is 0 Å². The van der Waals surface area contributed by atoms with E-state index in [0.29, 0.717) is 0 Å². The second-order valence-electron chi connectivity index (χ2n) is 11.3. The molecule has 174 valence electrons. The van der Waals surface area contributed by atoms with Crippen LogP contribution in [0.25, 0.3) is 9.75 Å². The third-order valence-electron chi connectivity index (χ3n) is 7.65. The van der Waals surface area contributed by atoms with Crippen molar-refractivity contribution >= 4 is 22.7 Å². The molecular formula is C29H46S2. The van der Waals surface area contributed by atoms with Gasteiger partial charge in [-0.05, 0) is 83.4 Å². The highest BCUT2D eigenvalue weighted by atomic mass is 32.1. The lowest BCUT2D eigenvalue weighted by Crippen LogP contribution is -2.26. The normalized spacial score (nSPS) is 16.6. The molecule has 0 fully saturated rings. The summed E-state index contributed by atoms with van der Waals surface area (Å²) in [5.74, 6) is 3.35. The SMILES string of the molecule is CC(C)CCCC(C)CCC1(CCC(C)CCCC(C)C)c2ccsc2-c2sccc21. The minimum absolute atomic E-state index is 0.281. The highest BCUT2D eigenvalue weighted by molar-refractivity contribution is 7.21. The summed E-state index contributed by atoms with van der Waals surface area (Å²) in [6, 6.07) is 4.94. The number of thiophene rings is 2. The van der Waals surface area contributed by atoms with Crippen LogP contribution < -0.4 is 0 Å². The quantitative estimate of drug-likeness (QED) is 0.264. The zero-order valence-electron chi connectivity index (χ0n) is 21.0. The van der Waals surface area contributed by atoms with Crippen LogP contribution >= 0.6 is 22.7 Å². The maximum atomic E-state index is 2.50. The summed E-state index contributed by atoms with van der Waals surface area (Å²) in [7, 11) is 0. The summed E-state index contributed by atoms with van der Waals surface area (Å²) in [5, 5.41) is 4.69. The van der Waals surface area contributed by atoms with Gasteiger partial charge < -0.3 is 0 Å². The molecule has 0 saturated heterocycles. The standard InChI is InChI=1S/C29H46S2/c1-21(2)9-7-11-23(5)13-17-29(18-14-24(6)12-8-10-22(3)4)25-15-19-30-27(25)28-26(29)16-20-31-28/h15-16,19-24H,7-14,17-18H2,1-6H3. The van der Waals surface area contributed by atoms with Crippen LogP contribution in [0.2, 0.25) is 0 Å². The molecule has 0 aliphatic heterocycles. The van der Waals surface area contributed by atoms with Gasteiger partial charge in [0.05, 0.1) is 0 Å². The molecule has 0 aromatic carbocycles. The average molecular weight is 459 g/mol. The van der Waals surface area contributed by atoms with E-state index in [0.717, 1.165) is 23.7 Å². The van der Waals surface area contributed by atoms with Crippen molar-refractivity contribution in [3.8, 4) is 9.75 Å². The van der Waals surface area contributed by atoms with Crippen LogP contribution in [0.4, 0.5) is 0 Å². The molecule has 0 nitrogen and oxygen atoms in total. The van der Waals surface area contributed by atoms with E-state index in [1.807, 2.05) is 22.7 Å². The van der Waals surface area contributed by atoms with E-state index < -0.39 is 0 Å². The Morgan fingerprint density at radius 1 is 0.613 bits per heavy atom. The van der Waals surface area contributed by atoms with Gasteiger partial charge in [0.1, 0.15) is 0 Å². The number of rotatable bonds is 14. The smallest absolute Gasteiger partial charge is 0.0486 e. The first-order valence-electron chi connectivity index (χ1n) is 13.0. The Morgan fingerprint density at radius 2 is 1.03 bits per heavy atom. The van der Waals surface area contributed by atoms with E-state index in [4.69, 9.17) is 0 Å². The minimum Gasteiger partial charge on any atom is -0.143 e. The largest absolute Gasteiger partial charge is 0.143 e. The van der Waals surface area contributed by atoms with Crippen LogP contribution in [0.15, 0.2) is 22.9 Å². The monoisotopic (exact) mass is 458 g/mol. The Hall–Kier alpha value is -0.600. The van der Waals surface area contributed by atoms with E-state index in [1.54, 1.807) is 20.9 Å². The van der Waals surface area contributed by atoms with Gasteiger partial charge in [0, 0.05) is 15.2 Å². The summed E-state index contributed by atoms with van der Waals surface area (Å²) < 4.78 is 0. The Morgan fingerprint density at radius 3 is 1.42 bits per heavy atom. The number of fused-ring (bicyclic) bond motifs is 3. The van der Waals surface area contributed by atoms with E-state index in [1.165, 1.54) is 64.2 Å².